The number of carbonyl (C=O) groups is 1. The Bertz CT molecular complexity index is 1700. The lowest BCUT2D eigenvalue weighted by atomic mass is 9.85. The van der Waals surface area contributed by atoms with Gasteiger partial charge in [0.05, 0.1) is 24.0 Å². The summed E-state index contributed by atoms with van der Waals surface area (Å²) in [6, 6.07) is 11.8. The van der Waals surface area contributed by atoms with Crippen molar-refractivity contribution < 1.29 is 19.0 Å². The maximum Gasteiger partial charge on any atom is 0.296 e. The van der Waals surface area contributed by atoms with Crippen LogP contribution in [0.25, 0.3) is 16.9 Å². The number of benzene rings is 1. The van der Waals surface area contributed by atoms with Gasteiger partial charge in [-0.3, -0.25) is 14.2 Å². The van der Waals surface area contributed by atoms with Crippen LogP contribution in [0.1, 0.15) is 44.9 Å². The van der Waals surface area contributed by atoms with Gasteiger partial charge in [-0.15, -0.1) is 0 Å². The number of anilines is 1. The van der Waals surface area contributed by atoms with Crippen LogP contribution in [-0.2, 0) is 11.3 Å². The van der Waals surface area contributed by atoms with E-state index in [4.69, 9.17) is 4.74 Å². The number of aliphatic hydroxyl groups is 1. The molecule has 0 unspecified atom stereocenters. The number of hydrogen-bond acceptors (Lipinski definition) is 8. The van der Waals surface area contributed by atoms with E-state index in [1.165, 1.54) is 40.2 Å². The predicted octanol–water partition coefficient (Wildman–Crippen LogP) is 3.29. The fourth-order valence-corrected chi connectivity index (χ4v) is 6.50. The minimum Gasteiger partial charge on any atom is -0.474 e. The Morgan fingerprint density at radius 2 is 1.77 bits per heavy atom. The lowest BCUT2D eigenvalue weighted by Gasteiger charge is -2.40. The number of carbonyl (C=O) groups excluding carboxylic acids is 1. The summed E-state index contributed by atoms with van der Waals surface area (Å²) in [7, 11) is 0. The summed E-state index contributed by atoms with van der Waals surface area (Å²) in [6.45, 7) is 3.00. The van der Waals surface area contributed by atoms with E-state index in [0.29, 0.717) is 43.1 Å². The van der Waals surface area contributed by atoms with Crippen LogP contribution in [0.3, 0.4) is 0 Å². The minimum atomic E-state index is -1.14. The van der Waals surface area contributed by atoms with Gasteiger partial charge in [0, 0.05) is 43.7 Å². The summed E-state index contributed by atoms with van der Waals surface area (Å²) in [5.74, 6) is 1.34. The molecule has 11 nitrogen and oxygen atoms in total. The number of likely N-dealkylation sites (tertiary alicyclic amines) is 1. The molecule has 2 saturated heterocycles. The molecular formula is C32H36FN7O4. The van der Waals surface area contributed by atoms with Gasteiger partial charge in [-0.05, 0) is 75.3 Å². The Hall–Kier alpha value is -4.32. The van der Waals surface area contributed by atoms with E-state index >= 15 is 0 Å². The van der Waals surface area contributed by atoms with E-state index in [1.54, 1.807) is 12.1 Å². The van der Waals surface area contributed by atoms with E-state index < -0.39 is 5.60 Å². The number of nitrogens with zero attached hydrogens (tertiary/aromatic N) is 7. The third kappa shape index (κ3) is 5.66. The van der Waals surface area contributed by atoms with Gasteiger partial charge in [0.2, 0.25) is 17.4 Å². The van der Waals surface area contributed by atoms with Gasteiger partial charge in [-0.2, -0.15) is 10.1 Å². The van der Waals surface area contributed by atoms with E-state index in [2.05, 4.69) is 20.0 Å². The van der Waals surface area contributed by atoms with Crippen molar-refractivity contribution in [2.24, 2.45) is 5.92 Å². The minimum absolute atomic E-state index is 0.0496. The molecule has 0 atom stereocenters. The maximum atomic E-state index is 13.4. The Labute approximate surface area is 253 Å². The summed E-state index contributed by atoms with van der Waals surface area (Å²) >= 11 is 0. The Morgan fingerprint density at radius 1 is 1.02 bits per heavy atom. The number of amides is 1. The van der Waals surface area contributed by atoms with Crippen LogP contribution in [-0.4, -0.2) is 77.9 Å². The summed E-state index contributed by atoms with van der Waals surface area (Å²) in [6.07, 6.45) is 8.05. The second kappa shape index (κ2) is 11.6. The Kier molecular flexibility index (Phi) is 7.53. The van der Waals surface area contributed by atoms with E-state index in [1.807, 2.05) is 23.1 Å². The topological polar surface area (TPSA) is 118 Å². The molecule has 0 spiro atoms. The number of ether oxygens (including phenoxy) is 1. The summed E-state index contributed by atoms with van der Waals surface area (Å²) < 4.78 is 22.4. The molecule has 5 heterocycles. The van der Waals surface area contributed by atoms with Crippen molar-refractivity contribution in [1.82, 2.24) is 29.0 Å². The van der Waals surface area contributed by atoms with Crippen molar-refractivity contribution in [2.75, 3.05) is 31.1 Å². The van der Waals surface area contributed by atoms with Gasteiger partial charge in [-0.1, -0.05) is 6.07 Å². The molecule has 0 radical (unpaired) electrons. The molecule has 3 aromatic heterocycles. The third-order valence-electron chi connectivity index (χ3n) is 9.31. The molecule has 1 amide bonds. The van der Waals surface area contributed by atoms with Crippen molar-refractivity contribution in [1.29, 1.82) is 0 Å². The number of hydrogen-bond donors (Lipinski definition) is 1. The fourth-order valence-electron chi connectivity index (χ4n) is 6.50. The second-order valence-electron chi connectivity index (χ2n) is 12.3. The van der Waals surface area contributed by atoms with Crippen LogP contribution in [0.5, 0.6) is 5.88 Å². The van der Waals surface area contributed by atoms with Crippen LogP contribution >= 0.6 is 0 Å². The zero-order valence-corrected chi connectivity index (χ0v) is 24.5. The van der Waals surface area contributed by atoms with Crippen LogP contribution in [0, 0.1) is 11.7 Å². The average molecular weight is 602 g/mol. The number of fused-ring (bicyclic) bond motifs is 1. The Morgan fingerprint density at radius 3 is 2.48 bits per heavy atom. The standard InChI is InChI=1S/C32H36FN7O4/c33-24-9-5-22(6-10-24)26-19-34-29-31(42)39(21-35-40(26)29)20-32(43)13-17-38(18-14-32)30(41)23-7-11-25(12-8-23)44-28-4-1-3-27(36-28)37-15-2-16-37/h1,3-6,9-10,19,21,23,25,43H,2,7-8,11-18,20H2. The lowest BCUT2D eigenvalue weighted by molar-refractivity contribution is -0.141. The van der Waals surface area contributed by atoms with Gasteiger partial charge in [0.25, 0.3) is 5.56 Å². The highest BCUT2D eigenvalue weighted by atomic mass is 19.1. The Balaban J connectivity index is 0.925. The first-order valence-electron chi connectivity index (χ1n) is 15.4. The molecule has 2 aliphatic heterocycles. The van der Waals surface area contributed by atoms with E-state index in [-0.39, 0.29) is 41.5 Å². The third-order valence-corrected chi connectivity index (χ3v) is 9.31. The van der Waals surface area contributed by atoms with Gasteiger partial charge in [0.15, 0.2) is 0 Å². The number of piperidine rings is 1. The molecule has 230 valence electrons. The molecule has 3 aliphatic rings. The van der Waals surface area contributed by atoms with E-state index in [9.17, 15) is 19.1 Å². The zero-order valence-electron chi connectivity index (χ0n) is 24.5. The monoisotopic (exact) mass is 601 g/mol. The second-order valence-corrected chi connectivity index (χ2v) is 12.3. The highest BCUT2D eigenvalue weighted by Gasteiger charge is 2.38. The summed E-state index contributed by atoms with van der Waals surface area (Å²) in [5.41, 5.74) is -0.132. The number of pyridine rings is 1. The van der Waals surface area contributed by atoms with Gasteiger partial charge < -0.3 is 19.6 Å². The molecule has 1 aromatic carbocycles. The number of imidazole rings is 1. The molecule has 12 heteroatoms. The largest absolute Gasteiger partial charge is 0.474 e. The molecule has 1 aliphatic carbocycles. The quantitative estimate of drug-likeness (QED) is 0.343. The lowest BCUT2D eigenvalue weighted by Crippen LogP contribution is -2.51. The van der Waals surface area contributed by atoms with Crippen molar-refractivity contribution in [2.45, 2.75) is 63.2 Å². The molecule has 1 saturated carbocycles. The highest BCUT2D eigenvalue weighted by molar-refractivity contribution is 5.79. The van der Waals surface area contributed by atoms with Crippen molar-refractivity contribution >= 4 is 17.4 Å². The van der Waals surface area contributed by atoms with Crippen molar-refractivity contribution in [3.8, 4) is 17.1 Å². The predicted molar refractivity (Wildman–Crippen MR) is 161 cm³/mol. The molecule has 7 rings (SSSR count). The normalized spacial score (nSPS) is 21.7. The SMILES string of the molecule is O=C(C1CCC(Oc2cccc(N3CCC3)n2)CC1)N1CCC(O)(Cn2cnn3c(-c4ccc(F)cc4)cnc3c2=O)CC1. The first kappa shape index (κ1) is 28.5. The van der Waals surface area contributed by atoms with Crippen LogP contribution < -0.4 is 15.2 Å². The summed E-state index contributed by atoms with van der Waals surface area (Å²) in [5, 5.41) is 15.8. The molecule has 4 aromatic rings. The number of halogens is 1. The van der Waals surface area contributed by atoms with Gasteiger partial charge in [-0.25, -0.2) is 13.9 Å². The van der Waals surface area contributed by atoms with Crippen LogP contribution in [0.2, 0.25) is 0 Å². The van der Waals surface area contributed by atoms with Crippen molar-refractivity contribution in [3.05, 3.63) is 71.2 Å². The molecular weight excluding hydrogens is 565 g/mol. The first-order valence-corrected chi connectivity index (χ1v) is 15.4. The van der Waals surface area contributed by atoms with E-state index in [0.717, 1.165) is 44.6 Å². The summed E-state index contributed by atoms with van der Waals surface area (Å²) in [4.78, 5) is 39.6. The van der Waals surface area contributed by atoms with Crippen LogP contribution in [0.4, 0.5) is 10.2 Å². The smallest absolute Gasteiger partial charge is 0.296 e. The molecule has 1 N–H and O–H groups in total. The number of aromatic nitrogens is 5. The fraction of sp³-hybridized carbons (Fsp3) is 0.469. The highest BCUT2D eigenvalue weighted by Crippen LogP contribution is 2.32. The molecule has 3 fully saturated rings. The maximum absolute atomic E-state index is 13.4. The molecule has 44 heavy (non-hydrogen) atoms. The van der Waals surface area contributed by atoms with Gasteiger partial charge in [0.1, 0.15) is 24.1 Å². The number of rotatable bonds is 7. The van der Waals surface area contributed by atoms with Gasteiger partial charge >= 0.3 is 0 Å². The molecule has 0 bridgehead atoms. The van der Waals surface area contributed by atoms with Crippen molar-refractivity contribution in [3.63, 3.8) is 0 Å². The zero-order chi connectivity index (χ0) is 30.3. The average Bonchev–Trinajstić information content (AvgIpc) is 3.44. The van der Waals surface area contributed by atoms with Crippen LogP contribution in [0.15, 0.2) is 59.8 Å². The first-order chi connectivity index (χ1) is 21.3.